The second-order valence-electron chi connectivity index (χ2n) is 12.9. The van der Waals surface area contributed by atoms with Crippen molar-refractivity contribution in [3.63, 3.8) is 0 Å². The average Bonchev–Trinajstić information content (AvgIpc) is 3.69. The number of fused-ring (bicyclic) bond motifs is 1. The van der Waals surface area contributed by atoms with Crippen LogP contribution in [0.2, 0.25) is 0 Å². The van der Waals surface area contributed by atoms with Gasteiger partial charge < -0.3 is 20.9 Å². The number of aryl methyl sites for hydroxylation is 1. The summed E-state index contributed by atoms with van der Waals surface area (Å²) in [5, 5.41) is 11.1. The number of aromatic amines is 1. The van der Waals surface area contributed by atoms with Gasteiger partial charge in [-0.2, -0.15) is 5.10 Å². The molecule has 0 bridgehead atoms. The Kier molecular flexibility index (Phi) is 8.36. The van der Waals surface area contributed by atoms with Crippen LogP contribution in [0.1, 0.15) is 18.9 Å². The van der Waals surface area contributed by atoms with Crippen LogP contribution in [0.4, 0.5) is 15.8 Å². The topological polar surface area (TPSA) is 136 Å². The molecule has 48 heavy (non-hydrogen) atoms. The van der Waals surface area contributed by atoms with Gasteiger partial charge in [-0.15, -0.1) is 0 Å². The van der Waals surface area contributed by atoms with Crippen LogP contribution in [0, 0.1) is 12.7 Å². The van der Waals surface area contributed by atoms with Crippen molar-refractivity contribution in [3.8, 4) is 22.6 Å². The van der Waals surface area contributed by atoms with Crippen molar-refractivity contribution in [3.05, 3.63) is 90.5 Å². The molecule has 3 aromatic carbocycles. The Balaban J connectivity index is 0.935. The Morgan fingerprint density at radius 3 is 2.46 bits per heavy atom. The largest absolute Gasteiger partial charge is 0.368 e. The number of nitrogens with zero attached hydrogens (tertiary/aromatic N) is 6. The molecule has 2 aliphatic rings. The number of carbonyl (C=O) groups excluding carboxylic acids is 2. The van der Waals surface area contributed by atoms with Gasteiger partial charge in [0.1, 0.15) is 11.4 Å². The summed E-state index contributed by atoms with van der Waals surface area (Å²) in [5.41, 5.74) is 11.4. The first-order chi connectivity index (χ1) is 23.1. The van der Waals surface area contributed by atoms with Crippen molar-refractivity contribution in [1.82, 2.24) is 30.0 Å². The number of aromatic nitrogens is 4. The summed E-state index contributed by atoms with van der Waals surface area (Å²) in [6, 6.07) is 19.8. The van der Waals surface area contributed by atoms with E-state index in [1.165, 1.54) is 12.1 Å². The number of likely N-dealkylation sites (tertiary alicyclic amines) is 1. The highest BCUT2D eigenvalue weighted by Gasteiger charge is 2.42. The minimum absolute atomic E-state index is 0.0255. The predicted octanol–water partition coefficient (Wildman–Crippen LogP) is 4.21. The number of nitrogens with one attached hydrogen (secondary N) is 2. The van der Waals surface area contributed by atoms with Gasteiger partial charge in [0, 0.05) is 79.0 Å². The maximum absolute atomic E-state index is 13.5. The third-order valence-electron chi connectivity index (χ3n) is 9.35. The summed E-state index contributed by atoms with van der Waals surface area (Å²) >= 11 is 0. The van der Waals surface area contributed by atoms with E-state index >= 15 is 0 Å². The molecule has 2 fully saturated rings. The molecule has 0 saturated carbocycles. The van der Waals surface area contributed by atoms with Crippen LogP contribution in [-0.2, 0) is 9.59 Å². The first-order valence-electron chi connectivity index (χ1n) is 16.2. The monoisotopic (exact) mass is 647 g/mol. The van der Waals surface area contributed by atoms with E-state index in [4.69, 9.17) is 5.73 Å². The van der Waals surface area contributed by atoms with Gasteiger partial charge >= 0.3 is 0 Å². The quantitative estimate of drug-likeness (QED) is 0.239. The zero-order valence-corrected chi connectivity index (χ0v) is 27.0. The van der Waals surface area contributed by atoms with Crippen molar-refractivity contribution in [2.75, 3.05) is 49.5 Å². The highest BCUT2D eigenvalue weighted by atomic mass is 19.1. The number of carbonyl (C=O) groups is 2. The predicted molar refractivity (Wildman–Crippen MR) is 184 cm³/mol. The lowest BCUT2D eigenvalue weighted by Crippen LogP contribution is -2.57. The summed E-state index contributed by atoms with van der Waals surface area (Å²) < 4.78 is 13.5. The van der Waals surface area contributed by atoms with Gasteiger partial charge in [0.2, 0.25) is 11.8 Å². The summed E-state index contributed by atoms with van der Waals surface area (Å²) in [7, 11) is 0. The number of benzene rings is 3. The van der Waals surface area contributed by atoms with Gasteiger partial charge in [0.25, 0.3) is 0 Å². The fourth-order valence-corrected chi connectivity index (χ4v) is 6.62. The zero-order valence-electron chi connectivity index (χ0n) is 27.0. The number of anilines is 2. The zero-order chi connectivity index (χ0) is 33.4. The smallest absolute Gasteiger partial charge is 0.245 e. The molecular weight excluding hydrogens is 609 g/mol. The summed E-state index contributed by atoms with van der Waals surface area (Å²) in [4.78, 5) is 41.9. The van der Waals surface area contributed by atoms with Crippen LogP contribution >= 0.6 is 0 Å². The van der Waals surface area contributed by atoms with Crippen molar-refractivity contribution < 1.29 is 14.0 Å². The number of H-pyrrole nitrogens is 1. The summed E-state index contributed by atoms with van der Waals surface area (Å²) in [5.74, 6) is 0.115. The van der Waals surface area contributed by atoms with E-state index in [2.05, 4.69) is 49.4 Å². The van der Waals surface area contributed by atoms with E-state index in [-0.39, 0.29) is 36.8 Å². The molecule has 12 heteroatoms. The third-order valence-corrected chi connectivity index (χ3v) is 9.35. The minimum Gasteiger partial charge on any atom is -0.368 e. The molecule has 4 N–H and O–H groups in total. The van der Waals surface area contributed by atoms with E-state index in [1.54, 1.807) is 18.2 Å². The Morgan fingerprint density at radius 1 is 1.00 bits per heavy atom. The standard InChI is InChI=1S/C36H38FN9O2/c1-23-18-39-34(40-19-23)26-5-10-29(11-6-26)45-15-16-46(24(2)20-45)32(47)21-44-14-13-36(38,22-44)35(48)41-28-9-12-31-30(17-28)33(43-42-31)25-3-7-27(37)8-4-25/h3-12,17-19,24H,13-16,20-22,38H2,1-2H3,(H,41,48)(H,42,43). The van der Waals surface area contributed by atoms with Crippen LogP contribution in [-0.4, -0.2) is 92.6 Å². The molecule has 5 aromatic rings. The Bertz CT molecular complexity index is 1950. The lowest BCUT2D eigenvalue weighted by atomic mass is 9.98. The average molecular weight is 648 g/mol. The molecule has 0 aliphatic carbocycles. The van der Waals surface area contributed by atoms with E-state index in [0.717, 1.165) is 46.4 Å². The van der Waals surface area contributed by atoms with E-state index < -0.39 is 5.54 Å². The fraction of sp³-hybridized carbons (Fsp3) is 0.306. The number of nitrogens with two attached hydrogens (primary N) is 1. The summed E-state index contributed by atoms with van der Waals surface area (Å²) in [6.45, 7) is 7.14. The molecule has 2 atom stereocenters. The molecule has 4 heterocycles. The number of rotatable bonds is 7. The third kappa shape index (κ3) is 6.36. The SMILES string of the molecule is Cc1cnc(-c2ccc(N3CCN(C(=O)CN4CCC(N)(C(=O)Nc5ccc6[nH]nc(-c7ccc(F)cc7)c6c5)C4)C(C)C3)cc2)nc1. The van der Waals surface area contributed by atoms with E-state index in [9.17, 15) is 14.0 Å². The Hall–Kier alpha value is -5.20. The first-order valence-corrected chi connectivity index (χ1v) is 16.2. The van der Waals surface area contributed by atoms with Crippen LogP contribution in [0.15, 0.2) is 79.1 Å². The van der Waals surface area contributed by atoms with Gasteiger partial charge in [-0.25, -0.2) is 14.4 Å². The molecule has 0 spiro atoms. The molecule has 0 radical (unpaired) electrons. The van der Waals surface area contributed by atoms with Gasteiger partial charge in [-0.3, -0.25) is 19.6 Å². The van der Waals surface area contributed by atoms with Crippen molar-refractivity contribution >= 4 is 34.1 Å². The molecule has 246 valence electrons. The van der Waals surface area contributed by atoms with E-state index in [0.29, 0.717) is 36.7 Å². The van der Waals surface area contributed by atoms with E-state index in [1.807, 2.05) is 53.4 Å². The second kappa shape index (κ2) is 12.8. The number of piperazine rings is 1. The van der Waals surface area contributed by atoms with Crippen LogP contribution in [0.5, 0.6) is 0 Å². The van der Waals surface area contributed by atoms with Crippen molar-refractivity contribution in [2.24, 2.45) is 5.73 Å². The molecule has 2 aliphatic heterocycles. The molecule has 2 amide bonds. The second-order valence-corrected chi connectivity index (χ2v) is 12.9. The molecular formula is C36H38FN9O2. The highest BCUT2D eigenvalue weighted by Crippen LogP contribution is 2.30. The van der Waals surface area contributed by atoms with Gasteiger partial charge in [0.15, 0.2) is 5.82 Å². The number of halogens is 1. The Labute approximate surface area is 278 Å². The van der Waals surface area contributed by atoms with Crippen LogP contribution in [0.3, 0.4) is 0 Å². The lowest BCUT2D eigenvalue weighted by molar-refractivity contribution is -0.134. The van der Waals surface area contributed by atoms with Crippen molar-refractivity contribution in [2.45, 2.75) is 31.8 Å². The fourth-order valence-electron chi connectivity index (χ4n) is 6.62. The van der Waals surface area contributed by atoms with Crippen LogP contribution < -0.4 is 16.0 Å². The Morgan fingerprint density at radius 2 is 1.73 bits per heavy atom. The summed E-state index contributed by atoms with van der Waals surface area (Å²) in [6.07, 6.45) is 4.07. The van der Waals surface area contributed by atoms with Crippen LogP contribution in [0.25, 0.3) is 33.5 Å². The first kappa shape index (κ1) is 31.4. The molecule has 2 unspecified atom stereocenters. The molecule has 7 rings (SSSR count). The van der Waals surface area contributed by atoms with Gasteiger partial charge in [-0.05, 0) is 92.6 Å². The lowest BCUT2D eigenvalue weighted by Gasteiger charge is -2.41. The maximum atomic E-state index is 13.5. The number of hydrogen-bond donors (Lipinski definition) is 3. The maximum Gasteiger partial charge on any atom is 0.245 e. The number of amides is 2. The highest BCUT2D eigenvalue weighted by molar-refractivity contribution is 6.02. The van der Waals surface area contributed by atoms with Gasteiger partial charge in [-0.1, -0.05) is 0 Å². The molecule has 2 aromatic heterocycles. The molecule has 2 saturated heterocycles. The van der Waals surface area contributed by atoms with Crippen molar-refractivity contribution in [1.29, 1.82) is 0 Å². The number of hydrogen-bond acceptors (Lipinski definition) is 8. The normalized spacial score (nSPS) is 20.0. The molecule has 11 nitrogen and oxygen atoms in total. The van der Waals surface area contributed by atoms with Gasteiger partial charge in [0.05, 0.1) is 17.8 Å². The minimum atomic E-state index is -1.13.